The molecule has 0 aliphatic heterocycles. The quantitative estimate of drug-likeness (QED) is 0.384. The molecule has 0 bridgehead atoms. The zero-order chi connectivity index (χ0) is 22.5. The van der Waals surface area contributed by atoms with Gasteiger partial charge in [-0.05, 0) is 43.2 Å². The zero-order valence-electron chi connectivity index (χ0n) is 17.4. The predicted molar refractivity (Wildman–Crippen MR) is 127 cm³/mol. The van der Waals surface area contributed by atoms with Crippen LogP contribution in [0, 0.1) is 25.2 Å². The number of hydrogen-bond acceptors (Lipinski definition) is 8. The van der Waals surface area contributed by atoms with Crippen LogP contribution in [0.3, 0.4) is 0 Å². The summed E-state index contributed by atoms with van der Waals surface area (Å²) in [5, 5.41) is 28.7. The van der Waals surface area contributed by atoms with Crippen molar-refractivity contribution in [1.29, 1.82) is 5.26 Å². The highest BCUT2D eigenvalue weighted by molar-refractivity contribution is 8.01. The minimum atomic E-state index is -0.261. The number of aromatic nitrogens is 4. The number of carbonyl (C=O) groups excluding carboxylic acids is 1. The molecule has 8 nitrogen and oxygen atoms in total. The molecule has 0 saturated heterocycles. The number of hydrogen-bond donors (Lipinski definition) is 2. The summed E-state index contributed by atoms with van der Waals surface area (Å²) in [5.74, 6) is 0.213. The molecule has 0 unspecified atom stereocenters. The third-order valence-electron chi connectivity index (χ3n) is 4.73. The summed E-state index contributed by atoms with van der Waals surface area (Å²) in [7, 11) is 0. The Morgan fingerprint density at radius 1 is 1.16 bits per heavy atom. The van der Waals surface area contributed by atoms with Crippen LogP contribution < -0.4 is 10.6 Å². The third kappa shape index (κ3) is 4.80. The standard InChI is InChI=1S/C22H19N7OS2/c1-14-7-6-10-18(15(14)2)25-21-27-28-22(32-21)31-13-19(30)26-20-16(11-23)12-24-29(20)17-8-4-3-5-9-17/h3-10,12H,13H2,1-2H3,(H,25,27)(H,26,30). The Hall–Kier alpha value is -3.68. The maximum atomic E-state index is 12.6. The highest BCUT2D eigenvalue weighted by Gasteiger charge is 2.16. The van der Waals surface area contributed by atoms with E-state index in [9.17, 15) is 10.1 Å². The van der Waals surface area contributed by atoms with Gasteiger partial charge in [0.15, 0.2) is 10.2 Å². The Morgan fingerprint density at radius 3 is 2.75 bits per heavy atom. The molecule has 2 aromatic heterocycles. The number of rotatable bonds is 7. The average molecular weight is 462 g/mol. The maximum absolute atomic E-state index is 12.6. The summed E-state index contributed by atoms with van der Waals surface area (Å²) >= 11 is 2.66. The Kier molecular flexibility index (Phi) is 6.49. The van der Waals surface area contributed by atoms with Crippen molar-refractivity contribution < 1.29 is 4.79 Å². The topological polar surface area (TPSA) is 109 Å². The number of nitriles is 1. The van der Waals surface area contributed by atoms with E-state index in [4.69, 9.17) is 0 Å². The van der Waals surface area contributed by atoms with Crippen LogP contribution in [0.2, 0.25) is 0 Å². The van der Waals surface area contributed by atoms with Crippen LogP contribution >= 0.6 is 23.1 Å². The molecular formula is C22H19N7OS2. The van der Waals surface area contributed by atoms with E-state index in [1.165, 1.54) is 39.5 Å². The first-order chi connectivity index (χ1) is 15.5. The molecule has 10 heteroatoms. The summed E-state index contributed by atoms with van der Waals surface area (Å²) in [5.41, 5.74) is 4.37. The molecule has 0 atom stereocenters. The number of para-hydroxylation sites is 1. The fourth-order valence-electron chi connectivity index (χ4n) is 2.93. The molecule has 1 amide bonds. The number of anilines is 3. The number of thioether (sulfide) groups is 1. The van der Waals surface area contributed by atoms with Crippen molar-refractivity contribution in [3.05, 3.63) is 71.4 Å². The summed E-state index contributed by atoms with van der Waals surface area (Å²) < 4.78 is 2.21. The minimum Gasteiger partial charge on any atom is -0.330 e. The van der Waals surface area contributed by atoms with Gasteiger partial charge in [-0.2, -0.15) is 10.4 Å². The number of nitrogens with zero attached hydrogens (tertiary/aromatic N) is 5. The van der Waals surface area contributed by atoms with E-state index in [0.29, 0.717) is 20.9 Å². The molecule has 0 aliphatic rings. The van der Waals surface area contributed by atoms with Crippen LogP contribution in [0.25, 0.3) is 5.69 Å². The lowest BCUT2D eigenvalue weighted by atomic mass is 10.1. The summed E-state index contributed by atoms with van der Waals surface area (Å²) in [6.07, 6.45) is 1.44. The van der Waals surface area contributed by atoms with Crippen LogP contribution in [0.1, 0.15) is 16.7 Å². The monoisotopic (exact) mass is 461 g/mol. The second-order valence-corrected chi connectivity index (χ2v) is 9.05. The van der Waals surface area contributed by atoms with Gasteiger partial charge in [-0.1, -0.05) is 53.4 Å². The van der Waals surface area contributed by atoms with Gasteiger partial charge >= 0.3 is 0 Å². The van der Waals surface area contributed by atoms with Crippen molar-refractivity contribution in [3.63, 3.8) is 0 Å². The van der Waals surface area contributed by atoms with E-state index in [1.807, 2.05) is 49.4 Å². The van der Waals surface area contributed by atoms with E-state index in [0.717, 1.165) is 16.9 Å². The average Bonchev–Trinajstić information content (AvgIpc) is 3.42. The van der Waals surface area contributed by atoms with Crippen molar-refractivity contribution in [3.8, 4) is 11.8 Å². The highest BCUT2D eigenvalue weighted by atomic mass is 32.2. The first-order valence-electron chi connectivity index (χ1n) is 9.68. The van der Waals surface area contributed by atoms with Crippen molar-refractivity contribution >= 4 is 45.6 Å². The number of aryl methyl sites for hydroxylation is 1. The molecule has 160 valence electrons. The fourth-order valence-corrected chi connectivity index (χ4v) is 4.50. The van der Waals surface area contributed by atoms with Crippen LogP contribution in [0.5, 0.6) is 0 Å². The van der Waals surface area contributed by atoms with Gasteiger partial charge in [0.05, 0.1) is 17.6 Å². The number of amides is 1. The highest BCUT2D eigenvalue weighted by Crippen LogP contribution is 2.29. The number of nitrogens with one attached hydrogen (secondary N) is 2. The molecular weight excluding hydrogens is 442 g/mol. The summed E-state index contributed by atoms with van der Waals surface area (Å²) in [6, 6.07) is 17.4. The normalized spacial score (nSPS) is 10.5. The first-order valence-corrected chi connectivity index (χ1v) is 11.5. The van der Waals surface area contributed by atoms with Crippen LogP contribution in [0.15, 0.2) is 59.1 Å². The molecule has 0 fully saturated rings. The second-order valence-electron chi connectivity index (χ2n) is 6.85. The van der Waals surface area contributed by atoms with E-state index >= 15 is 0 Å². The molecule has 4 aromatic rings. The van der Waals surface area contributed by atoms with Crippen molar-refractivity contribution in [1.82, 2.24) is 20.0 Å². The predicted octanol–water partition coefficient (Wildman–Crippen LogP) is 4.69. The fraction of sp³-hybridized carbons (Fsp3) is 0.136. The zero-order valence-corrected chi connectivity index (χ0v) is 19.0. The third-order valence-corrected chi connectivity index (χ3v) is 6.70. The Morgan fingerprint density at radius 2 is 1.97 bits per heavy atom. The Balaban J connectivity index is 1.40. The van der Waals surface area contributed by atoms with E-state index in [1.54, 1.807) is 0 Å². The van der Waals surface area contributed by atoms with Crippen LogP contribution in [-0.2, 0) is 4.79 Å². The Bertz CT molecular complexity index is 1290. The minimum absolute atomic E-state index is 0.128. The lowest BCUT2D eigenvalue weighted by molar-refractivity contribution is -0.113. The molecule has 32 heavy (non-hydrogen) atoms. The van der Waals surface area contributed by atoms with Gasteiger partial charge in [0.1, 0.15) is 11.6 Å². The van der Waals surface area contributed by atoms with Gasteiger partial charge < -0.3 is 10.6 Å². The van der Waals surface area contributed by atoms with Gasteiger partial charge in [0.2, 0.25) is 11.0 Å². The number of carbonyl (C=O) groups is 1. The molecule has 0 spiro atoms. The van der Waals surface area contributed by atoms with E-state index in [-0.39, 0.29) is 11.7 Å². The van der Waals surface area contributed by atoms with Gasteiger partial charge in [-0.3, -0.25) is 4.79 Å². The summed E-state index contributed by atoms with van der Waals surface area (Å²) in [6.45, 7) is 4.11. The molecule has 2 heterocycles. The molecule has 0 aliphatic carbocycles. The van der Waals surface area contributed by atoms with Crippen molar-refractivity contribution in [2.75, 3.05) is 16.4 Å². The van der Waals surface area contributed by atoms with Crippen molar-refractivity contribution in [2.45, 2.75) is 18.2 Å². The molecule has 0 radical (unpaired) electrons. The lowest BCUT2D eigenvalue weighted by Crippen LogP contribution is -2.17. The SMILES string of the molecule is Cc1cccc(Nc2nnc(SCC(=O)Nc3c(C#N)cnn3-c3ccccc3)s2)c1C. The second kappa shape index (κ2) is 9.64. The molecule has 2 N–H and O–H groups in total. The molecule has 4 rings (SSSR count). The van der Waals surface area contributed by atoms with Gasteiger partial charge in [-0.15, -0.1) is 10.2 Å². The molecule has 2 aromatic carbocycles. The largest absolute Gasteiger partial charge is 0.330 e. The molecule has 0 saturated carbocycles. The van der Waals surface area contributed by atoms with E-state index < -0.39 is 0 Å². The smallest absolute Gasteiger partial charge is 0.236 e. The summed E-state index contributed by atoms with van der Waals surface area (Å²) in [4.78, 5) is 12.6. The van der Waals surface area contributed by atoms with Crippen LogP contribution in [0.4, 0.5) is 16.6 Å². The first kappa shape index (κ1) is 21.5. The van der Waals surface area contributed by atoms with Gasteiger partial charge in [0.25, 0.3) is 0 Å². The van der Waals surface area contributed by atoms with E-state index in [2.05, 4.69) is 45.0 Å². The lowest BCUT2D eigenvalue weighted by Gasteiger charge is -2.09. The Labute approximate surface area is 193 Å². The maximum Gasteiger partial charge on any atom is 0.236 e. The van der Waals surface area contributed by atoms with Crippen LogP contribution in [-0.4, -0.2) is 31.6 Å². The van der Waals surface area contributed by atoms with Gasteiger partial charge in [-0.25, -0.2) is 4.68 Å². The van der Waals surface area contributed by atoms with Gasteiger partial charge in [0, 0.05) is 5.69 Å². The van der Waals surface area contributed by atoms with Crippen molar-refractivity contribution in [2.24, 2.45) is 0 Å². The number of benzene rings is 2.